The second kappa shape index (κ2) is 9.11. The van der Waals surface area contributed by atoms with Crippen LogP contribution in [0.25, 0.3) is 0 Å². The summed E-state index contributed by atoms with van der Waals surface area (Å²) in [6.07, 6.45) is 7.77. The molecule has 0 bridgehead atoms. The Kier molecular flexibility index (Phi) is 6.77. The third-order valence-corrected chi connectivity index (χ3v) is 8.66. The molecule has 2 saturated carbocycles. The molecule has 8 atom stereocenters. The molecule has 1 aliphatic heterocycles. The second-order valence-electron chi connectivity index (χ2n) is 10.8. The average Bonchev–Trinajstić information content (AvgIpc) is 3.09. The standard InChI is InChI=1S/C26H40O6/c1-6-8-16(3)31-32-18-11-12-25(4)17(13-18)14-20(27)23-19-9-10-21(30-22(28)7-2)26(19,5)15-29-24(23)25/h14,18-21,23-24,27H,3,6-13,15H2,1-2,4-5H3/t18-,19?,20-,21-,23?,24?,25-,26-/m0/s1. The number of carbonyl (C=O) groups is 1. The molecule has 180 valence electrons. The highest BCUT2D eigenvalue weighted by Gasteiger charge is 2.62. The fourth-order valence-electron chi connectivity index (χ4n) is 6.76. The van der Waals surface area contributed by atoms with E-state index < -0.39 is 6.10 Å². The van der Waals surface area contributed by atoms with Crippen LogP contribution in [0.5, 0.6) is 0 Å². The van der Waals surface area contributed by atoms with Gasteiger partial charge in [0, 0.05) is 29.6 Å². The van der Waals surface area contributed by atoms with Crippen molar-refractivity contribution in [2.75, 3.05) is 6.61 Å². The van der Waals surface area contributed by atoms with Gasteiger partial charge < -0.3 is 19.5 Å². The number of ether oxygens (including phenoxy) is 2. The molecule has 3 aliphatic carbocycles. The predicted octanol–water partition coefficient (Wildman–Crippen LogP) is 4.86. The van der Waals surface area contributed by atoms with Crippen LogP contribution in [0.15, 0.2) is 24.0 Å². The first kappa shape index (κ1) is 23.8. The fourth-order valence-corrected chi connectivity index (χ4v) is 6.76. The Hall–Kier alpha value is -1.37. The minimum Gasteiger partial charge on any atom is -0.462 e. The van der Waals surface area contributed by atoms with Crippen molar-refractivity contribution >= 4 is 5.97 Å². The second-order valence-corrected chi connectivity index (χ2v) is 10.8. The molecular weight excluding hydrogens is 408 g/mol. The van der Waals surface area contributed by atoms with E-state index in [1.54, 1.807) is 0 Å². The van der Waals surface area contributed by atoms with Crippen LogP contribution in [-0.2, 0) is 24.0 Å². The van der Waals surface area contributed by atoms with Gasteiger partial charge in [-0.3, -0.25) is 4.79 Å². The topological polar surface area (TPSA) is 74.2 Å². The molecule has 4 rings (SSSR count). The van der Waals surface area contributed by atoms with E-state index in [0.29, 0.717) is 18.8 Å². The highest BCUT2D eigenvalue weighted by atomic mass is 17.2. The van der Waals surface area contributed by atoms with Gasteiger partial charge in [-0.1, -0.05) is 45.9 Å². The van der Waals surface area contributed by atoms with Gasteiger partial charge in [0.1, 0.15) is 18.0 Å². The summed E-state index contributed by atoms with van der Waals surface area (Å²) in [6.45, 7) is 12.8. The zero-order chi connectivity index (χ0) is 23.1. The Balaban J connectivity index is 1.49. The lowest BCUT2D eigenvalue weighted by Gasteiger charge is -2.58. The van der Waals surface area contributed by atoms with Gasteiger partial charge >= 0.3 is 5.97 Å². The molecule has 3 unspecified atom stereocenters. The Bertz CT molecular complexity index is 761. The Morgan fingerprint density at radius 2 is 2.06 bits per heavy atom. The molecule has 0 radical (unpaired) electrons. The van der Waals surface area contributed by atoms with Gasteiger partial charge in [-0.15, -0.1) is 0 Å². The van der Waals surface area contributed by atoms with Gasteiger partial charge in [0.05, 0.1) is 18.8 Å². The van der Waals surface area contributed by atoms with Crippen LogP contribution >= 0.6 is 0 Å². The molecule has 6 nitrogen and oxygen atoms in total. The van der Waals surface area contributed by atoms with E-state index in [0.717, 1.165) is 44.9 Å². The van der Waals surface area contributed by atoms with Gasteiger partial charge in [0.2, 0.25) is 0 Å². The molecule has 0 spiro atoms. The first-order chi connectivity index (χ1) is 15.2. The largest absolute Gasteiger partial charge is 0.462 e. The molecule has 1 N–H and O–H groups in total. The molecule has 0 amide bonds. The predicted molar refractivity (Wildman–Crippen MR) is 120 cm³/mol. The van der Waals surface area contributed by atoms with Crippen LogP contribution in [0.3, 0.4) is 0 Å². The molecule has 0 aromatic heterocycles. The van der Waals surface area contributed by atoms with E-state index in [2.05, 4.69) is 33.4 Å². The summed E-state index contributed by atoms with van der Waals surface area (Å²) in [5.41, 5.74) is 0.842. The molecule has 0 aromatic carbocycles. The molecule has 3 fully saturated rings. The summed E-state index contributed by atoms with van der Waals surface area (Å²) >= 11 is 0. The van der Waals surface area contributed by atoms with Gasteiger partial charge in [-0.2, -0.15) is 4.89 Å². The number of carbonyl (C=O) groups excluding carboxylic acids is 1. The highest BCUT2D eigenvalue weighted by Crippen LogP contribution is 2.61. The van der Waals surface area contributed by atoms with Gasteiger partial charge in [0.15, 0.2) is 0 Å². The lowest BCUT2D eigenvalue weighted by atomic mass is 9.54. The van der Waals surface area contributed by atoms with Crippen LogP contribution < -0.4 is 0 Å². The minimum absolute atomic E-state index is 0.0193. The minimum atomic E-state index is -0.567. The number of hydrogen-bond donors (Lipinski definition) is 1. The lowest BCUT2D eigenvalue weighted by Crippen LogP contribution is -2.61. The summed E-state index contributed by atoms with van der Waals surface area (Å²) in [7, 11) is 0. The lowest BCUT2D eigenvalue weighted by molar-refractivity contribution is -0.303. The van der Waals surface area contributed by atoms with Gasteiger partial charge in [0.25, 0.3) is 0 Å². The first-order valence-electron chi connectivity index (χ1n) is 12.4. The smallest absolute Gasteiger partial charge is 0.305 e. The van der Waals surface area contributed by atoms with Crippen molar-refractivity contribution in [3.63, 3.8) is 0 Å². The van der Waals surface area contributed by atoms with Crippen molar-refractivity contribution in [2.45, 2.75) is 103 Å². The third-order valence-electron chi connectivity index (χ3n) is 8.66. The molecular formula is C26H40O6. The van der Waals surface area contributed by atoms with Crippen LogP contribution in [0, 0.1) is 22.7 Å². The number of hydrogen-bond acceptors (Lipinski definition) is 6. The molecule has 4 aliphatic rings. The maximum absolute atomic E-state index is 12.0. The summed E-state index contributed by atoms with van der Waals surface area (Å²) in [6, 6.07) is 0. The number of fused-ring (bicyclic) bond motifs is 5. The number of aliphatic hydroxyl groups excluding tert-OH is 1. The van der Waals surface area contributed by atoms with E-state index >= 15 is 0 Å². The van der Waals surface area contributed by atoms with Crippen LogP contribution in [-0.4, -0.2) is 42.1 Å². The van der Waals surface area contributed by atoms with E-state index in [1.807, 2.05) is 6.92 Å². The SMILES string of the molecule is C=C(CCC)OO[C@H]1CC[C@@]2(C)C(=C[C@H](O)C3C2OC[C@@]2(C)C3CC[C@@H]2OC(=O)CC)C1. The van der Waals surface area contributed by atoms with Crippen molar-refractivity contribution in [2.24, 2.45) is 22.7 Å². The summed E-state index contributed by atoms with van der Waals surface area (Å²) < 4.78 is 12.4. The number of esters is 1. The zero-order valence-electron chi connectivity index (χ0n) is 20.1. The summed E-state index contributed by atoms with van der Waals surface area (Å²) in [5, 5.41) is 11.3. The van der Waals surface area contributed by atoms with Gasteiger partial charge in [-0.25, -0.2) is 0 Å². The van der Waals surface area contributed by atoms with Crippen LogP contribution in [0.2, 0.25) is 0 Å². The summed E-state index contributed by atoms with van der Waals surface area (Å²) in [5.74, 6) is 0.800. The van der Waals surface area contributed by atoms with Crippen LogP contribution in [0.4, 0.5) is 0 Å². The highest BCUT2D eigenvalue weighted by molar-refractivity contribution is 5.69. The normalized spacial score (nSPS) is 42.8. The van der Waals surface area contributed by atoms with Crippen LogP contribution in [0.1, 0.15) is 79.1 Å². The number of rotatable bonds is 7. The molecule has 6 heteroatoms. The van der Waals surface area contributed by atoms with E-state index in [9.17, 15) is 9.90 Å². The van der Waals surface area contributed by atoms with Crippen molar-refractivity contribution in [3.8, 4) is 0 Å². The van der Waals surface area contributed by atoms with E-state index in [1.165, 1.54) is 5.57 Å². The Morgan fingerprint density at radius 3 is 2.78 bits per heavy atom. The van der Waals surface area contributed by atoms with E-state index in [-0.39, 0.29) is 46.9 Å². The molecule has 1 saturated heterocycles. The van der Waals surface area contributed by atoms with Crippen molar-refractivity contribution in [1.29, 1.82) is 0 Å². The van der Waals surface area contributed by atoms with Crippen molar-refractivity contribution in [3.05, 3.63) is 24.0 Å². The molecule has 1 heterocycles. The number of allylic oxidation sites excluding steroid dienone is 1. The number of aliphatic hydroxyl groups is 1. The Morgan fingerprint density at radius 1 is 1.28 bits per heavy atom. The monoisotopic (exact) mass is 448 g/mol. The van der Waals surface area contributed by atoms with E-state index in [4.69, 9.17) is 19.2 Å². The third kappa shape index (κ3) is 4.03. The quantitative estimate of drug-likeness (QED) is 0.197. The average molecular weight is 449 g/mol. The maximum Gasteiger partial charge on any atom is 0.305 e. The Labute approximate surface area is 192 Å². The van der Waals surface area contributed by atoms with Crippen molar-refractivity contribution in [1.82, 2.24) is 0 Å². The first-order valence-corrected chi connectivity index (χ1v) is 12.4. The van der Waals surface area contributed by atoms with Crippen molar-refractivity contribution < 1.29 is 29.1 Å². The molecule has 0 aromatic rings. The maximum atomic E-state index is 12.0. The summed E-state index contributed by atoms with van der Waals surface area (Å²) in [4.78, 5) is 23.1. The fraction of sp³-hybridized carbons (Fsp3) is 0.808. The zero-order valence-corrected chi connectivity index (χ0v) is 20.1. The van der Waals surface area contributed by atoms with Gasteiger partial charge in [-0.05, 0) is 44.4 Å². The molecule has 32 heavy (non-hydrogen) atoms.